The van der Waals surface area contributed by atoms with E-state index in [2.05, 4.69) is 33.6 Å². The standard InChI is InChI=1S/C13H16N4O/c1-2-11(6-12-8-18-5-4-15-12)7-13(3-1)17-10-14-9-16-17/h1-3,7,9-10,12,15H,4-6,8H2/t12-/m1/s1. The van der Waals surface area contributed by atoms with E-state index in [1.54, 1.807) is 17.3 Å². The highest BCUT2D eigenvalue weighted by molar-refractivity contribution is 5.35. The van der Waals surface area contributed by atoms with Crippen molar-refractivity contribution in [2.45, 2.75) is 12.5 Å². The van der Waals surface area contributed by atoms with E-state index >= 15 is 0 Å². The van der Waals surface area contributed by atoms with Gasteiger partial charge < -0.3 is 10.1 Å². The molecule has 5 heteroatoms. The fourth-order valence-electron chi connectivity index (χ4n) is 2.20. The summed E-state index contributed by atoms with van der Waals surface area (Å²) in [6, 6.07) is 8.77. The Bertz CT molecular complexity index is 491. The van der Waals surface area contributed by atoms with Crippen LogP contribution < -0.4 is 5.32 Å². The maximum atomic E-state index is 5.47. The molecule has 0 spiro atoms. The third-order valence-electron chi connectivity index (χ3n) is 3.07. The molecule has 0 saturated carbocycles. The molecule has 0 aliphatic carbocycles. The molecule has 1 saturated heterocycles. The number of ether oxygens (including phenoxy) is 1. The van der Waals surface area contributed by atoms with Gasteiger partial charge in [-0.05, 0) is 24.1 Å². The molecule has 0 amide bonds. The zero-order valence-electron chi connectivity index (χ0n) is 10.1. The largest absolute Gasteiger partial charge is 0.379 e. The Labute approximate surface area is 106 Å². The van der Waals surface area contributed by atoms with Crippen molar-refractivity contribution in [3.05, 3.63) is 42.5 Å². The molecule has 1 aromatic heterocycles. The number of nitrogens with zero attached hydrogens (tertiary/aromatic N) is 3. The summed E-state index contributed by atoms with van der Waals surface area (Å²) in [4.78, 5) is 3.96. The number of morpholine rings is 1. The molecule has 0 unspecified atom stereocenters. The summed E-state index contributed by atoms with van der Waals surface area (Å²) >= 11 is 0. The minimum atomic E-state index is 0.407. The third-order valence-corrected chi connectivity index (χ3v) is 3.07. The fraction of sp³-hybridized carbons (Fsp3) is 0.385. The molecule has 0 radical (unpaired) electrons. The van der Waals surface area contributed by atoms with Crippen LogP contribution in [-0.4, -0.2) is 40.6 Å². The normalized spacial score (nSPS) is 19.9. The van der Waals surface area contributed by atoms with E-state index in [0.29, 0.717) is 6.04 Å². The first-order chi connectivity index (χ1) is 8.92. The third kappa shape index (κ3) is 2.57. The van der Waals surface area contributed by atoms with Gasteiger partial charge in [-0.2, -0.15) is 5.10 Å². The van der Waals surface area contributed by atoms with Gasteiger partial charge in [-0.3, -0.25) is 0 Å². The summed E-state index contributed by atoms with van der Waals surface area (Å²) in [6.07, 6.45) is 4.23. The van der Waals surface area contributed by atoms with Crippen LogP contribution >= 0.6 is 0 Å². The first-order valence-electron chi connectivity index (χ1n) is 6.17. The van der Waals surface area contributed by atoms with E-state index in [4.69, 9.17) is 4.74 Å². The lowest BCUT2D eigenvalue weighted by atomic mass is 10.1. The van der Waals surface area contributed by atoms with Gasteiger partial charge in [0.2, 0.25) is 0 Å². The summed E-state index contributed by atoms with van der Waals surface area (Å²) in [5.41, 5.74) is 2.33. The molecule has 5 nitrogen and oxygen atoms in total. The molecule has 2 heterocycles. The Hall–Kier alpha value is -1.72. The van der Waals surface area contributed by atoms with Crippen LogP contribution in [0.25, 0.3) is 5.69 Å². The van der Waals surface area contributed by atoms with Gasteiger partial charge in [0, 0.05) is 12.6 Å². The van der Waals surface area contributed by atoms with Gasteiger partial charge in [0.15, 0.2) is 0 Å². The summed E-state index contributed by atoms with van der Waals surface area (Å²) in [5, 5.41) is 7.60. The molecule has 0 bridgehead atoms. The predicted octanol–water partition coefficient (Wildman–Crippen LogP) is 0.798. The summed E-state index contributed by atoms with van der Waals surface area (Å²) in [6.45, 7) is 2.54. The van der Waals surface area contributed by atoms with Crippen molar-refractivity contribution in [3.63, 3.8) is 0 Å². The lowest BCUT2D eigenvalue weighted by molar-refractivity contribution is 0.0770. The topological polar surface area (TPSA) is 52.0 Å². The quantitative estimate of drug-likeness (QED) is 0.867. The Morgan fingerprint density at radius 1 is 1.44 bits per heavy atom. The first-order valence-corrected chi connectivity index (χ1v) is 6.17. The fourth-order valence-corrected chi connectivity index (χ4v) is 2.20. The van der Waals surface area contributed by atoms with Crippen LogP contribution in [0.2, 0.25) is 0 Å². The Morgan fingerprint density at radius 2 is 2.44 bits per heavy atom. The van der Waals surface area contributed by atoms with Gasteiger partial charge in [-0.25, -0.2) is 9.67 Å². The van der Waals surface area contributed by atoms with Crippen LogP contribution in [0.4, 0.5) is 0 Å². The van der Waals surface area contributed by atoms with E-state index in [9.17, 15) is 0 Å². The molecule has 3 rings (SSSR count). The molecule has 2 aromatic rings. The van der Waals surface area contributed by atoms with Gasteiger partial charge in [0.25, 0.3) is 0 Å². The van der Waals surface area contributed by atoms with Crippen LogP contribution in [0.3, 0.4) is 0 Å². The minimum Gasteiger partial charge on any atom is -0.379 e. The second-order valence-electron chi connectivity index (χ2n) is 4.44. The monoisotopic (exact) mass is 244 g/mol. The molecule has 1 aliphatic rings. The second-order valence-corrected chi connectivity index (χ2v) is 4.44. The minimum absolute atomic E-state index is 0.407. The van der Waals surface area contributed by atoms with E-state index < -0.39 is 0 Å². The first kappa shape index (κ1) is 11.4. The van der Waals surface area contributed by atoms with Crippen molar-refractivity contribution in [1.82, 2.24) is 20.1 Å². The molecule has 1 aliphatic heterocycles. The second kappa shape index (κ2) is 5.29. The Morgan fingerprint density at radius 3 is 3.22 bits per heavy atom. The molecular weight excluding hydrogens is 228 g/mol. The Kier molecular flexibility index (Phi) is 3.34. The van der Waals surface area contributed by atoms with E-state index in [0.717, 1.165) is 31.9 Å². The number of hydrogen-bond acceptors (Lipinski definition) is 4. The van der Waals surface area contributed by atoms with Crippen LogP contribution in [0.15, 0.2) is 36.9 Å². The van der Waals surface area contributed by atoms with E-state index in [1.165, 1.54) is 5.56 Å². The van der Waals surface area contributed by atoms with Gasteiger partial charge in [-0.15, -0.1) is 0 Å². The molecular formula is C13H16N4O. The van der Waals surface area contributed by atoms with Crippen molar-refractivity contribution >= 4 is 0 Å². The highest BCUT2D eigenvalue weighted by atomic mass is 16.5. The van der Waals surface area contributed by atoms with Crippen molar-refractivity contribution in [2.75, 3.05) is 19.8 Å². The summed E-state index contributed by atoms with van der Waals surface area (Å²) < 4.78 is 7.24. The number of hydrogen-bond donors (Lipinski definition) is 1. The molecule has 18 heavy (non-hydrogen) atoms. The van der Waals surface area contributed by atoms with Gasteiger partial charge in [0.05, 0.1) is 18.9 Å². The van der Waals surface area contributed by atoms with Crippen LogP contribution in [0, 0.1) is 0 Å². The molecule has 1 atom stereocenters. The smallest absolute Gasteiger partial charge is 0.138 e. The lowest BCUT2D eigenvalue weighted by Gasteiger charge is -2.23. The highest BCUT2D eigenvalue weighted by Gasteiger charge is 2.13. The van der Waals surface area contributed by atoms with Gasteiger partial charge >= 0.3 is 0 Å². The molecule has 1 aromatic carbocycles. The van der Waals surface area contributed by atoms with Crippen molar-refractivity contribution in [3.8, 4) is 5.69 Å². The maximum Gasteiger partial charge on any atom is 0.138 e. The van der Waals surface area contributed by atoms with E-state index in [1.807, 2.05) is 6.07 Å². The molecule has 1 N–H and O–H groups in total. The number of nitrogens with one attached hydrogen (secondary N) is 1. The molecule has 1 fully saturated rings. The van der Waals surface area contributed by atoms with Crippen molar-refractivity contribution in [2.24, 2.45) is 0 Å². The zero-order valence-corrected chi connectivity index (χ0v) is 10.1. The number of rotatable bonds is 3. The maximum absolute atomic E-state index is 5.47. The Balaban J connectivity index is 1.74. The SMILES string of the molecule is c1cc(C[C@@H]2COCCN2)cc(-n2cncn2)c1. The van der Waals surface area contributed by atoms with Gasteiger partial charge in [-0.1, -0.05) is 12.1 Å². The van der Waals surface area contributed by atoms with Crippen LogP contribution in [-0.2, 0) is 11.2 Å². The average Bonchev–Trinajstić information content (AvgIpc) is 2.94. The van der Waals surface area contributed by atoms with Crippen LogP contribution in [0.1, 0.15) is 5.56 Å². The highest BCUT2D eigenvalue weighted by Crippen LogP contribution is 2.11. The zero-order chi connectivity index (χ0) is 12.2. The number of benzene rings is 1. The lowest BCUT2D eigenvalue weighted by Crippen LogP contribution is -2.42. The van der Waals surface area contributed by atoms with Crippen LogP contribution in [0.5, 0.6) is 0 Å². The summed E-state index contributed by atoms with van der Waals surface area (Å²) in [5.74, 6) is 0. The molecule has 94 valence electrons. The summed E-state index contributed by atoms with van der Waals surface area (Å²) in [7, 11) is 0. The van der Waals surface area contributed by atoms with Crippen molar-refractivity contribution in [1.29, 1.82) is 0 Å². The van der Waals surface area contributed by atoms with Crippen molar-refractivity contribution < 1.29 is 4.74 Å². The average molecular weight is 244 g/mol. The predicted molar refractivity (Wildman–Crippen MR) is 67.7 cm³/mol. The van der Waals surface area contributed by atoms with E-state index in [-0.39, 0.29) is 0 Å². The number of aromatic nitrogens is 3. The van der Waals surface area contributed by atoms with Gasteiger partial charge in [0.1, 0.15) is 12.7 Å².